The summed E-state index contributed by atoms with van der Waals surface area (Å²) < 4.78 is 11.3. The third-order valence-electron chi connectivity index (χ3n) is 2.23. The fourth-order valence-corrected chi connectivity index (χ4v) is 1.83. The molecule has 0 radical (unpaired) electrons. The Hall–Kier alpha value is -1.33. The predicted octanol–water partition coefficient (Wildman–Crippen LogP) is 4.00. The van der Waals surface area contributed by atoms with Crippen LogP contribution >= 0.6 is 27.5 Å². The third kappa shape index (κ3) is 2.91. The second-order valence-electron chi connectivity index (χ2n) is 3.52. The number of hydrogen-bond acceptors (Lipinski definition) is 4. The maximum Gasteiger partial charge on any atom is 0.325 e. The van der Waals surface area contributed by atoms with Crippen LogP contribution in [0.1, 0.15) is 5.56 Å². The molecule has 1 aromatic heterocycles. The number of aryl methyl sites for hydroxylation is 1. The van der Waals surface area contributed by atoms with E-state index < -0.39 is 0 Å². The van der Waals surface area contributed by atoms with Crippen molar-refractivity contribution in [2.45, 2.75) is 6.92 Å². The van der Waals surface area contributed by atoms with E-state index in [2.05, 4.69) is 25.9 Å². The van der Waals surface area contributed by atoms with Crippen molar-refractivity contribution >= 4 is 27.5 Å². The van der Waals surface area contributed by atoms with Gasteiger partial charge in [0.1, 0.15) is 5.75 Å². The topological polar surface area (TPSA) is 44.2 Å². The van der Waals surface area contributed by atoms with Gasteiger partial charge in [0.2, 0.25) is 5.88 Å². The lowest BCUT2D eigenvalue weighted by molar-refractivity contribution is 0.373. The Morgan fingerprint density at radius 1 is 1.33 bits per heavy atom. The molecule has 0 bridgehead atoms. The van der Waals surface area contributed by atoms with Gasteiger partial charge < -0.3 is 9.47 Å². The summed E-state index contributed by atoms with van der Waals surface area (Å²) in [6, 6.07) is 5.59. The first-order valence-electron chi connectivity index (χ1n) is 5.10. The van der Waals surface area contributed by atoms with Gasteiger partial charge in [-0.2, -0.15) is 4.98 Å². The van der Waals surface area contributed by atoms with Crippen molar-refractivity contribution in [3.05, 3.63) is 39.5 Å². The summed E-state index contributed by atoms with van der Waals surface area (Å²) in [6.45, 7) is 1.92. The Kier molecular flexibility index (Phi) is 4.04. The van der Waals surface area contributed by atoms with Gasteiger partial charge in [0.15, 0.2) is 0 Å². The van der Waals surface area contributed by atoms with Gasteiger partial charge >= 0.3 is 6.01 Å². The summed E-state index contributed by atoms with van der Waals surface area (Å²) >= 11 is 9.19. The molecule has 18 heavy (non-hydrogen) atoms. The smallest absolute Gasteiger partial charge is 0.325 e. The molecule has 0 aliphatic heterocycles. The second-order valence-corrected chi connectivity index (χ2v) is 4.81. The largest absolute Gasteiger partial charge is 0.480 e. The Morgan fingerprint density at radius 3 is 2.83 bits per heavy atom. The van der Waals surface area contributed by atoms with Crippen molar-refractivity contribution in [3.63, 3.8) is 0 Å². The molecule has 0 aliphatic rings. The van der Waals surface area contributed by atoms with Gasteiger partial charge in [-0.3, -0.25) is 0 Å². The number of ether oxygens (including phenoxy) is 2. The molecule has 6 heteroatoms. The van der Waals surface area contributed by atoms with Crippen LogP contribution in [0.4, 0.5) is 0 Å². The molecule has 94 valence electrons. The van der Waals surface area contributed by atoms with Crippen LogP contribution in [0.25, 0.3) is 0 Å². The van der Waals surface area contributed by atoms with E-state index in [1.54, 1.807) is 18.3 Å². The molecule has 2 rings (SSSR count). The van der Waals surface area contributed by atoms with Crippen LogP contribution in [0.3, 0.4) is 0 Å². The van der Waals surface area contributed by atoms with Crippen molar-refractivity contribution in [2.24, 2.45) is 0 Å². The van der Waals surface area contributed by atoms with Crippen LogP contribution in [0.15, 0.2) is 28.9 Å². The molecule has 1 heterocycles. The van der Waals surface area contributed by atoms with Gasteiger partial charge in [0.25, 0.3) is 0 Å². The van der Waals surface area contributed by atoms with Crippen LogP contribution in [-0.4, -0.2) is 17.1 Å². The first-order valence-corrected chi connectivity index (χ1v) is 6.28. The zero-order valence-corrected chi connectivity index (χ0v) is 12.1. The minimum absolute atomic E-state index is 0.209. The highest BCUT2D eigenvalue weighted by atomic mass is 79.9. The summed E-state index contributed by atoms with van der Waals surface area (Å²) in [7, 11) is 1.53. The highest BCUT2D eigenvalue weighted by Crippen LogP contribution is 2.28. The summed E-state index contributed by atoms with van der Waals surface area (Å²) in [5.74, 6) is 1.03. The number of rotatable bonds is 3. The van der Waals surface area contributed by atoms with Crippen LogP contribution in [-0.2, 0) is 0 Å². The number of benzene rings is 1. The van der Waals surface area contributed by atoms with Crippen molar-refractivity contribution in [1.82, 2.24) is 9.97 Å². The van der Waals surface area contributed by atoms with Crippen LogP contribution in [0, 0.1) is 6.92 Å². The minimum Gasteiger partial charge on any atom is -0.480 e. The van der Waals surface area contributed by atoms with E-state index in [1.807, 2.05) is 13.0 Å². The molecule has 0 saturated heterocycles. The van der Waals surface area contributed by atoms with Crippen molar-refractivity contribution in [2.75, 3.05) is 7.11 Å². The molecular weight excluding hydrogens is 320 g/mol. The lowest BCUT2D eigenvalue weighted by Crippen LogP contribution is -1.96. The SMILES string of the molecule is COc1nc(Oc2cc(Cl)ccc2C)ncc1Br. The third-order valence-corrected chi connectivity index (χ3v) is 3.01. The van der Waals surface area contributed by atoms with E-state index in [1.165, 1.54) is 7.11 Å². The van der Waals surface area contributed by atoms with Crippen LogP contribution in [0.5, 0.6) is 17.6 Å². The standard InChI is InChI=1S/C12H10BrClN2O2/c1-7-3-4-8(14)5-10(7)18-12-15-6-9(13)11(16-12)17-2/h3-6H,1-2H3. The molecule has 1 aromatic carbocycles. The highest BCUT2D eigenvalue weighted by Gasteiger charge is 2.08. The zero-order chi connectivity index (χ0) is 13.1. The van der Waals surface area contributed by atoms with E-state index in [9.17, 15) is 0 Å². The quantitative estimate of drug-likeness (QED) is 0.853. The van der Waals surface area contributed by atoms with Gasteiger partial charge in [-0.15, -0.1) is 0 Å². The lowest BCUT2D eigenvalue weighted by Gasteiger charge is -2.08. The first-order chi connectivity index (χ1) is 8.60. The van der Waals surface area contributed by atoms with Crippen LogP contribution in [0.2, 0.25) is 5.02 Å². The molecule has 0 unspecified atom stereocenters. The van der Waals surface area contributed by atoms with E-state index in [0.29, 0.717) is 21.1 Å². The maximum absolute atomic E-state index is 5.91. The van der Waals surface area contributed by atoms with E-state index in [-0.39, 0.29) is 6.01 Å². The predicted molar refractivity (Wildman–Crippen MR) is 72.5 cm³/mol. The fraction of sp³-hybridized carbons (Fsp3) is 0.167. The molecule has 0 fully saturated rings. The van der Waals surface area contributed by atoms with Gasteiger partial charge in [-0.25, -0.2) is 4.98 Å². The van der Waals surface area contributed by atoms with E-state index in [4.69, 9.17) is 21.1 Å². The molecule has 0 N–H and O–H groups in total. The van der Waals surface area contributed by atoms with Gasteiger partial charge in [0.05, 0.1) is 17.8 Å². The minimum atomic E-state index is 0.209. The molecule has 2 aromatic rings. The number of methoxy groups -OCH3 is 1. The molecule has 0 atom stereocenters. The first kappa shape index (κ1) is 13.1. The summed E-state index contributed by atoms with van der Waals surface area (Å²) in [6.07, 6.45) is 1.57. The lowest BCUT2D eigenvalue weighted by atomic mass is 10.2. The summed E-state index contributed by atoms with van der Waals surface area (Å²) in [4.78, 5) is 8.16. The molecule has 0 saturated carbocycles. The number of halogens is 2. The van der Waals surface area contributed by atoms with Gasteiger partial charge in [-0.1, -0.05) is 17.7 Å². The van der Waals surface area contributed by atoms with Crippen molar-refractivity contribution < 1.29 is 9.47 Å². The molecule has 0 amide bonds. The maximum atomic E-state index is 5.91. The second kappa shape index (κ2) is 5.54. The number of aromatic nitrogens is 2. The number of nitrogens with zero attached hydrogens (tertiary/aromatic N) is 2. The van der Waals surface area contributed by atoms with Crippen molar-refractivity contribution in [1.29, 1.82) is 0 Å². The molecule has 0 spiro atoms. The Bertz CT molecular complexity index is 578. The Labute approximate surface area is 118 Å². The molecule has 0 aliphatic carbocycles. The Balaban J connectivity index is 2.31. The van der Waals surface area contributed by atoms with Gasteiger partial charge in [-0.05, 0) is 40.5 Å². The van der Waals surface area contributed by atoms with E-state index >= 15 is 0 Å². The van der Waals surface area contributed by atoms with E-state index in [0.717, 1.165) is 5.56 Å². The van der Waals surface area contributed by atoms with Crippen molar-refractivity contribution in [3.8, 4) is 17.6 Å². The average Bonchev–Trinajstić information content (AvgIpc) is 2.36. The average molecular weight is 330 g/mol. The molecule has 4 nitrogen and oxygen atoms in total. The fourth-order valence-electron chi connectivity index (χ4n) is 1.31. The van der Waals surface area contributed by atoms with Gasteiger partial charge in [0, 0.05) is 5.02 Å². The van der Waals surface area contributed by atoms with Crippen LogP contribution < -0.4 is 9.47 Å². The summed E-state index contributed by atoms with van der Waals surface area (Å²) in [5.41, 5.74) is 0.949. The normalized spacial score (nSPS) is 10.2. The summed E-state index contributed by atoms with van der Waals surface area (Å²) in [5, 5.41) is 0.597. The number of hydrogen-bond donors (Lipinski definition) is 0. The zero-order valence-electron chi connectivity index (χ0n) is 9.78. The molecular formula is C12H10BrClN2O2. The monoisotopic (exact) mass is 328 g/mol. The Morgan fingerprint density at radius 2 is 2.11 bits per heavy atom. The highest BCUT2D eigenvalue weighted by molar-refractivity contribution is 9.10.